The number of nitrogens with zero attached hydrogens (tertiary/aromatic N) is 4. The maximum Gasteiger partial charge on any atom is 0.233 e. The molecular weight excluding hydrogens is 440 g/mol. The molecule has 166 valence electrons. The Kier molecular flexibility index (Phi) is 7.22. The van der Waals surface area contributed by atoms with Gasteiger partial charge in [-0.3, -0.25) is 14.5 Å². The highest BCUT2D eigenvalue weighted by Gasteiger charge is 2.35. The van der Waals surface area contributed by atoms with Crippen LogP contribution in [0.25, 0.3) is 0 Å². The number of hydrogen-bond acceptors (Lipinski definition) is 6. The summed E-state index contributed by atoms with van der Waals surface area (Å²) >= 11 is 2.75. The minimum atomic E-state index is -0.164. The van der Waals surface area contributed by atoms with Crippen molar-refractivity contribution in [2.75, 3.05) is 17.7 Å². The fourth-order valence-electron chi connectivity index (χ4n) is 3.61. The average Bonchev–Trinajstić information content (AvgIpc) is 3.56. The van der Waals surface area contributed by atoms with E-state index in [0.717, 1.165) is 24.0 Å². The standard InChI is InChI=1S/C24H26N4O2S2/c1-3-20(29)28(19-14-15-19)23-25-26-24(32-23)31-16-21(30)27(2)22(17-10-6-4-7-11-17)18-12-8-5-9-13-18/h4-13,19,22H,3,14-16H2,1-2H3. The summed E-state index contributed by atoms with van der Waals surface area (Å²) in [6, 6.07) is 20.2. The van der Waals surface area contributed by atoms with Crippen molar-refractivity contribution < 1.29 is 9.59 Å². The molecule has 0 radical (unpaired) electrons. The van der Waals surface area contributed by atoms with E-state index in [4.69, 9.17) is 0 Å². The van der Waals surface area contributed by atoms with Gasteiger partial charge in [-0.25, -0.2) is 0 Å². The Labute approximate surface area is 196 Å². The van der Waals surface area contributed by atoms with Gasteiger partial charge in [-0.2, -0.15) is 0 Å². The van der Waals surface area contributed by atoms with Crippen LogP contribution in [0.3, 0.4) is 0 Å². The summed E-state index contributed by atoms with van der Waals surface area (Å²) in [4.78, 5) is 29.0. The number of amides is 2. The molecule has 1 heterocycles. The number of thioether (sulfide) groups is 1. The molecule has 1 fully saturated rings. The Hall–Kier alpha value is -2.71. The van der Waals surface area contributed by atoms with E-state index in [2.05, 4.69) is 10.2 Å². The van der Waals surface area contributed by atoms with Crippen molar-refractivity contribution in [2.24, 2.45) is 0 Å². The lowest BCUT2D eigenvalue weighted by molar-refractivity contribution is -0.128. The molecule has 0 N–H and O–H groups in total. The zero-order chi connectivity index (χ0) is 22.5. The van der Waals surface area contributed by atoms with Crippen molar-refractivity contribution in [3.63, 3.8) is 0 Å². The van der Waals surface area contributed by atoms with Crippen molar-refractivity contribution >= 4 is 40.0 Å². The number of anilines is 1. The molecule has 6 nitrogen and oxygen atoms in total. The van der Waals surface area contributed by atoms with E-state index in [1.54, 1.807) is 9.80 Å². The molecule has 3 aromatic rings. The fourth-order valence-corrected chi connectivity index (χ4v) is 5.46. The number of carbonyl (C=O) groups excluding carboxylic acids is 2. The third kappa shape index (κ3) is 5.19. The van der Waals surface area contributed by atoms with E-state index in [1.807, 2.05) is 74.6 Å². The first-order valence-corrected chi connectivity index (χ1v) is 12.5. The van der Waals surface area contributed by atoms with Crippen LogP contribution in [0, 0.1) is 0 Å². The van der Waals surface area contributed by atoms with Gasteiger partial charge in [0, 0.05) is 19.5 Å². The zero-order valence-electron chi connectivity index (χ0n) is 18.2. The van der Waals surface area contributed by atoms with Gasteiger partial charge in [-0.05, 0) is 24.0 Å². The molecule has 0 spiro atoms. The van der Waals surface area contributed by atoms with Gasteiger partial charge in [0.2, 0.25) is 16.9 Å². The largest absolute Gasteiger partial charge is 0.334 e. The van der Waals surface area contributed by atoms with Crippen molar-refractivity contribution in [2.45, 2.75) is 42.6 Å². The van der Waals surface area contributed by atoms with Gasteiger partial charge < -0.3 is 4.90 Å². The van der Waals surface area contributed by atoms with Gasteiger partial charge in [-0.15, -0.1) is 10.2 Å². The van der Waals surface area contributed by atoms with Gasteiger partial charge in [0.05, 0.1) is 11.8 Å². The summed E-state index contributed by atoms with van der Waals surface area (Å²) < 4.78 is 0.701. The fraction of sp³-hybridized carbons (Fsp3) is 0.333. The molecule has 1 aliphatic carbocycles. The number of hydrogen-bond donors (Lipinski definition) is 0. The predicted molar refractivity (Wildman–Crippen MR) is 129 cm³/mol. The van der Waals surface area contributed by atoms with Gasteiger partial charge in [0.1, 0.15) is 0 Å². The highest BCUT2D eigenvalue weighted by molar-refractivity contribution is 8.01. The van der Waals surface area contributed by atoms with Crippen molar-refractivity contribution in [1.82, 2.24) is 15.1 Å². The van der Waals surface area contributed by atoms with Crippen LogP contribution in [0.15, 0.2) is 65.0 Å². The lowest BCUT2D eigenvalue weighted by Gasteiger charge is -2.29. The van der Waals surface area contributed by atoms with E-state index in [-0.39, 0.29) is 29.7 Å². The maximum atomic E-state index is 13.1. The summed E-state index contributed by atoms with van der Waals surface area (Å²) in [5.41, 5.74) is 2.13. The quantitative estimate of drug-likeness (QED) is 0.335. The zero-order valence-corrected chi connectivity index (χ0v) is 19.8. The Balaban J connectivity index is 1.45. The molecule has 0 atom stereocenters. The molecule has 1 aliphatic rings. The van der Waals surface area contributed by atoms with Crippen LogP contribution in [0.4, 0.5) is 5.13 Å². The van der Waals surface area contributed by atoms with E-state index in [9.17, 15) is 9.59 Å². The monoisotopic (exact) mass is 466 g/mol. The number of aromatic nitrogens is 2. The van der Waals surface area contributed by atoms with Crippen LogP contribution in [0.2, 0.25) is 0 Å². The molecule has 8 heteroatoms. The first-order valence-electron chi connectivity index (χ1n) is 10.7. The highest BCUT2D eigenvalue weighted by Crippen LogP contribution is 2.36. The molecule has 32 heavy (non-hydrogen) atoms. The SMILES string of the molecule is CCC(=O)N(c1nnc(SCC(=O)N(C)C(c2ccccc2)c2ccccc2)s1)C1CC1. The van der Waals surface area contributed by atoms with Crippen LogP contribution in [-0.4, -0.2) is 45.8 Å². The van der Waals surface area contributed by atoms with Crippen LogP contribution in [0.5, 0.6) is 0 Å². The van der Waals surface area contributed by atoms with Crippen LogP contribution in [0.1, 0.15) is 43.4 Å². The highest BCUT2D eigenvalue weighted by atomic mass is 32.2. The molecular formula is C24H26N4O2S2. The predicted octanol–water partition coefficient (Wildman–Crippen LogP) is 4.78. The summed E-state index contributed by atoms with van der Waals surface area (Å²) in [6.07, 6.45) is 2.47. The number of carbonyl (C=O) groups is 2. The maximum absolute atomic E-state index is 13.1. The van der Waals surface area contributed by atoms with Crippen molar-refractivity contribution in [3.05, 3.63) is 71.8 Å². The average molecular weight is 467 g/mol. The van der Waals surface area contributed by atoms with Gasteiger partial charge in [0.15, 0.2) is 4.34 Å². The second kappa shape index (κ2) is 10.3. The summed E-state index contributed by atoms with van der Waals surface area (Å²) in [5.74, 6) is 0.338. The smallest absolute Gasteiger partial charge is 0.233 e. The van der Waals surface area contributed by atoms with E-state index < -0.39 is 0 Å². The molecule has 0 saturated heterocycles. The van der Waals surface area contributed by atoms with Crippen LogP contribution >= 0.6 is 23.1 Å². The van der Waals surface area contributed by atoms with Crippen LogP contribution < -0.4 is 4.90 Å². The van der Waals surface area contributed by atoms with E-state index >= 15 is 0 Å². The normalized spacial score (nSPS) is 13.2. The van der Waals surface area contributed by atoms with Gasteiger partial charge in [-0.1, -0.05) is 90.7 Å². The second-order valence-corrected chi connectivity index (χ2v) is 9.89. The summed E-state index contributed by atoms with van der Waals surface area (Å²) in [6.45, 7) is 1.86. The topological polar surface area (TPSA) is 66.4 Å². The molecule has 1 saturated carbocycles. The first kappa shape index (κ1) is 22.5. The number of benzene rings is 2. The third-order valence-corrected chi connectivity index (χ3v) is 7.46. The first-order chi connectivity index (χ1) is 15.6. The molecule has 2 aromatic carbocycles. The van der Waals surface area contributed by atoms with Crippen LogP contribution in [-0.2, 0) is 9.59 Å². The minimum Gasteiger partial charge on any atom is -0.334 e. The molecule has 4 rings (SSSR count). The Morgan fingerprint density at radius 1 is 1.00 bits per heavy atom. The number of rotatable bonds is 9. The van der Waals surface area contributed by atoms with Crippen molar-refractivity contribution in [1.29, 1.82) is 0 Å². The molecule has 2 amide bonds. The molecule has 0 aliphatic heterocycles. The Bertz CT molecular complexity index is 1010. The lowest BCUT2D eigenvalue weighted by atomic mass is 9.97. The minimum absolute atomic E-state index is 0.00754. The van der Waals surface area contributed by atoms with Gasteiger partial charge in [0.25, 0.3) is 0 Å². The van der Waals surface area contributed by atoms with E-state index in [0.29, 0.717) is 15.9 Å². The lowest BCUT2D eigenvalue weighted by Crippen LogP contribution is -2.33. The molecule has 0 unspecified atom stereocenters. The molecule has 0 bridgehead atoms. The summed E-state index contributed by atoms with van der Waals surface area (Å²) in [7, 11) is 1.84. The molecule has 1 aromatic heterocycles. The van der Waals surface area contributed by atoms with Crippen molar-refractivity contribution in [3.8, 4) is 0 Å². The Morgan fingerprint density at radius 2 is 1.59 bits per heavy atom. The Morgan fingerprint density at radius 3 is 2.12 bits per heavy atom. The van der Waals surface area contributed by atoms with Gasteiger partial charge >= 0.3 is 0 Å². The summed E-state index contributed by atoms with van der Waals surface area (Å²) in [5, 5.41) is 9.08. The second-order valence-electron chi connectivity index (χ2n) is 7.72. The van der Waals surface area contributed by atoms with E-state index in [1.165, 1.54) is 23.1 Å². The third-order valence-electron chi connectivity index (χ3n) is 5.42.